The first kappa shape index (κ1) is 17.8. The quantitative estimate of drug-likeness (QED) is 0.685. The SMILES string of the molecule is Cc1nnc(SCC(=O)NC2CCCc3ccccc32)n1-c1ccccc1. The molecule has 6 heteroatoms. The summed E-state index contributed by atoms with van der Waals surface area (Å²) in [4.78, 5) is 12.6. The zero-order chi connectivity index (χ0) is 18.6. The van der Waals surface area contributed by atoms with Gasteiger partial charge in [-0.1, -0.05) is 54.2 Å². The molecule has 1 heterocycles. The van der Waals surface area contributed by atoms with E-state index in [2.05, 4.69) is 33.7 Å². The summed E-state index contributed by atoms with van der Waals surface area (Å²) in [5, 5.41) is 12.3. The normalized spacial score (nSPS) is 16.0. The Bertz CT molecular complexity index is 938. The number of para-hydroxylation sites is 1. The van der Waals surface area contributed by atoms with Gasteiger partial charge >= 0.3 is 0 Å². The maximum absolute atomic E-state index is 12.6. The number of rotatable bonds is 5. The van der Waals surface area contributed by atoms with Gasteiger partial charge in [0, 0.05) is 5.69 Å². The molecule has 0 spiro atoms. The van der Waals surface area contributed by atoms with Crippen LogP contribution in [0, 0.1) is 6.92 Å². The number of nitrogens with one attached hydrogen (secondary N) is 1. The molecule has 3 aromatic rings. The molecule has 1 amide bonds. The van der Waals surface area contributed by atoms with Crippen LogP contribution in [0.5, 0.6) is 0 Å². The lowest BCUT2D eigenvalue weighted by molar-refractivity contribution is -0.119. The van der Waals surface area contributed by atoms with Crippen molar-refractivity contribution in [1.29, 1.82) is 0 Å². The molecule has 0 aliphatic heterocycles. The van der Waals surface area contributed by atoms with Gasteiger partial charge in [-0.2, -0.15) is 0 Å². The molecule has 1 aliphatic carbocycles. The Morgan fingerprint density at radius 3 is 2.78 bits per heavy atom. The Morgan fingerprint density at radius 2 is 1.93 bits per heavy atom. The monoisotopic (exact) mass is 378 g/mol. The van der Waals surface area contributed by atoms with Gasteiger partial charge in [0.15, 0.2) is 5.16 Å². The van der Waals surface area contributed by atoms with Crippen molar-refractivity contribution in [2.45, 2.75) is 37.4 Å². The minimum absolute atomic E-state index is 0.0296. The van der Waals surface area contributed by atoms with Crippen LogP contribution in [0.3, 0.4) is 0 Å². The number of thioether (sulfide) groups is 1. The van der Waals surface area contributed by atoms with Gasteiger partial charge in [-0.05, 0) is 49.4 Å². The van der Waals surface area contributed by atoms with Crippen LogP contribution in [0.4, 0.5) is 0 Å². The predicted octanol–water partition coefficient (Wildman–Crippen LogP) is 3.86. The van der Waals surface area contributed by atoms with Crippen LogP contribution in [-0.2, 0) is 11.2 Å². The van der Waals surface area contributed by atoms with E-state index in [1.807, 2.05) is 47.9 Å². The minimum Gasteiger partial charge on any atom is -0.349 e. The lowest BCUT2D eigenvalue weighted by Gasteiger charge is -2.26. The lowest BCUT2D eigenvalue weighted by atomic mass is 9.88. The average Bonchev–Trinajstić information content (AvgIpc) is 3.08. The van der Waals surface area contributed by atoms with Gasteiger partial charge in [0.2, 0.25) is 5.91 Å². The first-order valence-corrected chi connectivity index (χ1v) is 10.2. The standard InChI is InChI=1S/C21H22N4OS/c1-15-23-24-21(25(15)17-10-3-2-4-11-17)27-14-20(26)22-19-13-7-9-16-8-5-6-12-18(16)19/h2-6,8,10-12,19H,7,9,13-14H2,1H3,(H,22,26). The Kier molecular flexibility index (Phi) is 5.25. The molecule has 1 N–H and O–H groups in total. The Hall–Kier alpha value is -2.60. The van der Waals surface area contributed by atoms with E-state index in [0.717, 1.165) is 35.9 Å². The van der Waals surface area contributed by atoms with Crippen LogP contribution in [0.2, 0.25) is 0 Å². The third-order valence-electron chi connectivity index (χ3n) is 4.85. The molecule has 27 heavy (non-hydrogen) atoms. The molecular formula is C21H22N4OS. The molecule has 1 aromatic heterocycles. The summed E-state index contributed by atoms with van der Waals surface area (Å²) in [7, 11) is 0. The first-order valence-electron chi connectivity index (χ1n) is 9.20. The summed E-state index contributed by atoms with van der Waals surface area (Å²) >= 11 is 1.42. The van der Waals surface area contributed by atoms with Crippen molar-refractivity contribution in [3.63, 3.8) is 0 Å². The number of fused-ring (bicyclic) bond motifs is 1. The molecule has 0 bridgehead atoms. The number of hydrogen-bond acceptors (Lipinski definition) is 4. The lowest BCUT2D eigenvalue weighted by Crippen LogP contribution is -2.32. The highest BCUT2D eigenvalue weighted by molar-refractivity contribution is 7.99. The van der Waals surface area contributed by atoms with Crippen molar-refractivity contribution in [2.75, 3.05) is 5.75 Å². The molecule has 2 aromatic carbocycles. The van der Waals surface area contributed by atoms with Crippen LogP contribution in [0.1, 0.15) is 35.8 Å². The Balaban J connectivity index is 1.43. The molecule has 0 fully saturated rings. The highest BCUT2D eigenvalue weighted by Crippen LogP contribution is 2.29. The second kappa shape index (κ2) is 7.96. The van der Waals surface area contributed by atoms with Crippen molar-refractivity contribution in [3.8, 4) is 5.69 Å². The largest absolute Gasteiger partial charge is 0.349 e. The van der Waals surface area contributed by atoms with Crippen molar-refractivity contribution in [3.05, 3.63) is 71.5 Å². The molecule has 1 atom stereocenters. The van der Waals surface area contributed by atoms with Crippen LogP contribution in [0.25, 0.3) is 5.69 Å². The minimum atomic E-state index is 0.0296. The number of hydrogen-bond donors (Lipinski definition) is 1. The topological polar surface area (TPSA) is 59.8 Å². The fourth-order valence-electron chi connectivity index (χ4n) is 3.58. The van der Waals surface area contributed by atoms with Crippen molar-refractivity contribution >= 4 is 17.7 Å². The maximum Gasteiger partial charge on any atom is 0.230 e. The number of nitrogens with zero attached hydrogens (tertiary/aromatic N) is 3. The molecule has 1 aliphatic rings. The van der Waals surface area contributed by atoms with Gasteiger partial charge in [-0.15, -0.1) is 10.2 Å². The first-order chi connectivity index (χ1) is 13.2. The number of benzene rings is 2. The van der Waals surface area contributed by atoms with Gasteiger partial charge in [0.05, 0.1) is 11.8 Å². The number of carbonyl (C=O) groups excluding carboxylic acids is 1. The van der Waals surface area contributed by atoms with Crippen molar-refractivity contribution in [2.24, 2.45) is 0 Å². The molecule has 4 rings (SSSR count). The molecular weight excluding hydrogens is 356 g/mol. The van der Waals surface area contributed by atoms with Crippen LogP contribution >= 0.6 is 11.8 Å². The zero-order valence-electron chi connectivity index (χ0n) is 15.3. The van der Waals surface area contributed by atoms with Gasteiger partial charge in [-0.3, -0.25) is 9.36 Å². The fraction of sp³-hybridized carbons (Fsp3) is 0.286. The number of amides is 1. The maximum atomic E-state index is 12.6. The molecule has 0 saturated carbocycles. The van der Waals surface area contributed by atoms with Crippen LogP contribution in [-0.4, -0.2) is 26.4 Å². The Morgan fingerprint density at radius 1 is 1.15 bits per heavy atom. The highest BCUT2D eigenvalue weighted by Gasteiger charge is 2.22. The van der Waals surface area contributed by atoms with E-state index in [9.17, 15) is 4.79 Å². The van der Waals surface area contributed by atoms with Crippen LogP contribution < -0.4 is 5.32 Å². The summed E-state index contributed by atoms with van der Waals surface area (Å²) in [6.07, 6.45) is 3.19. The van der Waals surface area contributed by atoms with Crippen LogP contribution in [0.15, 0.2) is 59.8 Å². The molecule has 5 nitrogen and oxygen atoms in total. The van der Waals surface area contributed by atoms with E-state index < -0.39 is 0 Å². The van der Waals surface area contributed by atoms with Gasteiger partial charge < -0.3 is 5.32 Å². The molecule has 0 saturated heterocycles. The number of carbonyl (C=O) groups is 1. The molecule has 1 unspecified atom stereocenters. The summed E-state index contributed by atoms with van der Waals surface area (Å²) in [6, 6.07) is 18.5. The summed E-state index contributed by atoms with van der Waals surface area (Å²) in [6.45, 7) is 1.92. The van der Waals surface area contributed by atoms with Crippen molar-refractivity contribution < 1.29 is 4.79 Å². The summed E-state index contributed by atoms with van der Waals surface area (Å²) < 4.78 is 1.98. The predicted molar refractivity (Wildman–Crippen MR) is 107 cm³/mol. The van der Waals surface area contributed by atoms with E-state index >= 15 is 0 Å². The van der Waals surface area contributed by atoms with E-state index in [-0.39, 0.29) is 11.9 Å². The highest BCUT2D eigenvalue weighted by atomic mass is 32.2. The molecule has 138 valence electrons. The fourth-order valence-corrected chi connectivity index (χ4v) is 4.39. The summed E-state index contributed by atoms with van der Waals surface area (Å²) in [5.74, 6) is 1.16. The number of aryl methyl sites for hydroxylation is 2. The third kappa shape index (κ3) is 3.90. The van der Waals surface area contributed by atoms with Gasteiger partial charge in [0.1, 0.15) is 5.82 Å². The van der Waals surface area contributed by atoms with Gasteiger partial charge in [-0.25, -0.2) is 0 Å². The molecule has 0 radical (unpaired) electrons. The smallest absolute Gasteiger partial charge is 0.230 e. The average molecular weight is 379 g/mol. The summed E-state index contributed by atoms with van der Waals surface area (Å²) in [5.41, 5.74) is 3.61. The third-order valence-corrected chi connectivity index (χ3v) is 5.78. The van der Waals surface area contributed by atoms with Crippen molar-refractivity contribution in [1.82, 2.24) is 20.1 Å². The Labute approximate surface area is 163 Å². The van der Waals surface area contributed by atoms with E-state index in [4.69, 9.17) is 0 Å². The van der Waals surface area contributed by atoms with E-state index in [1.54, 1.807) is 0 Å². The zero-order valence-corrected chi connectivity index (χ0v) is 16.1. The second-order valence-corrected chi connectivity index (χ2v) is 7.64. The number of aromatic nitrogens is 3. The van der Waals surface area contributed by atoms with Gasteiger partial charge in [0.25, 0.3) is 0 Å². The second-order valence-electron chi connectivity index (χ2n) is 6.70. The van der Waals surface area contributed by atoms with E-state index in [0.29, 0.717) is 5.75 Å². The van der Waals surface area contributed by atoms with E-state index in [1.165, 1.54) is 22.9 Å².